The molecule has 0 radical (unpaired) electrons. The molecule has 1 rings (SSSR count). The van der Waals surface area contributed by atoms with Crippen LogP contribution in [0.1, 0.15) is 20.3 Å². The van der Waals surface area contributed by atoms with E-state index < -0.39 is 0 Å². The third-order valence-electron chi connectivity index (χ3n) is 1.86. The van der Waals surface area contributed by atoms with Crippen LogP contribution < -0.4 is 0 Å². The van der Waals surface area contributed by atoms with Gasteiger partial charge in [0.1, 0.15) is 0 Å². The van der Waals surface area contributed by atoms with Crippen LogP contribution in [-0.4, -0.2) is 18.0 Å². The van der Waals surface area contributed by atoms with Crippen molar-refractivity contribution < 1.29 is 0 Å². The Bertz CT molecular complexity index is 194. The van der Waals surface area contributed by atoms with E-state index in [4.69, 9.17) is 11.6 Å². The molecule has 0 aliphatic carbocycles. The Kier molecular flexibility index (Phi) is 3.01. The summed E-state index contributed by atoms with van der Waals surface area (Å²) in [6, 6.07) is 0. The van der Waals surface area contributed by atoms with Gasteiger partial charge in [-0.3, -0.25) is 0 Å². The maximum Gasteiger partial charge on any atom is 0.0531 e. The molecule has 1 nitrogen and oxygen atoms in total. The van der Waals surface area contributed by atoms with E-state index in [1.54, 1.807) is 0 Å². The van der Waals surface area contributed by atoms with Crippen LogP contribution in [0.5, 0.6) is 0 Å². The third kappa shape index (κ3) is 2.26. The van der Waals surface area contributed by atoms with Gasteiger partial charge in [0.2, 0.25) is 0 Å². The fourth-order valence-electron chi connectivity index (χ4n) is 1.15. The molecule has 0 saturated heterocycles. The molecule has 1 aliphatic heterocycles. The molecule has 0 bridgehead atoms. The highest BCUT2D eigenvalue weighted by atomic mass is 35.5. The summed E-state index contributed by atoms with van der Waals surface area (Å²) in [4.78, 5) is 2.22. The highest BCUT2D eigenvalue weighted by Gasteiger charge is 2.06. The summed E-state index contributed by atoms with van der Waals surface area (Å²) in [5, 5.41) is 0.950. The zero-order chi connectivity index (χ0) is 8.27. The lowest BCUT2D eigenvalue weighted by Crippen LogP contribution is -2.21. The third-order valence-corrected chi connectivity index (χ3v) is 2.09. The number of nitrogens with zero attached hydrogens (tertiary/aromatic N) is 1. The fourth-order valence-corrected chi connectivity index (χ4v) is 1.45. The number of hydrogen-bond acceptors (Lipinski definition) is 1. The van der Waals surface area contributed by atoms with Crippen molar-refractivity contribution >= 4 is 11.6 Å². The van der Waals surface area contributed by atoms with Gasteiger partial charge in [0.25, 0.3) is 0 Å². The van der Waals surface area contributed by atoms with E-state index in [1.165, 1.54) is 5.57 Å². The Morgan fingerprint density at radius 2 is 2.27 bits per heavy atom. The highest BCUT2D eigenvalue weighted by molar-refractivity contribution is 6.30. The average molecular weight is 172 g/mol. The van der Waals surface area contributed by atoms with E-state index in [9.17, 15) is 0 Å². The summed E-state index contributed by atoms with van der Waals surface area (Å²) in [6.07, 6.45) is 5.31. The van der Waals surface area contributed by atoms with Gasteiger partial charge in [-0.1, -0.05) is 18.5 Å². The van der Waals surface area contributed by atoms with Crippen molar-refractivity contribution in [2.24, 2.45) is 0 Å². The summed E-state index contributed by atoms with van der Waals surface area (Å²) in [7, 11) is 0. The van der Waals surface area contributed by atoms with Crippen molar-refractivity contribution in [3.05, 3.63) is 22.9 Å². The van der Waals surface area contributed by atoms with Gasteiger partial charge in [0.05, 0.1) is 6.54 Å². The van der Waals surface area contributed by atoms with E-state index in [2.05, 4.69) is 31.0 Å². The van der Waals surface area contributed by atoms with Gasteiger partial charge in [0.15, 0.2) is 0 Å². The normalized spacial score (nSPS) is 17.9. The summed E-state index contributed by atoms with van der Waals surface area (Å²) < 4.78 is 0. The van der Waals surface area contributed by atoms with Crippen molar-refractivity contribution in [1.82, 2.24) is 4.90 Å². The van der Waals surface area contributed by atoms with Gasteiger partial charge >= 0.3 is 0 Å². The van der Waals surface area contributed by atoms with E-state index >= 15 is 0 Å². The molecule has 0 N–H and O–H groups in total. The second-order valence-corrected chi connectivity index (χ2v) is 3.20. The van der Waals surface area contributed by atoms with E-state index in [0.29, 0.717) is 0 Å². The molecule has 0 aromatic carbocycles. The van der Waals surface area contributed by atoms with Crippen molar-refractivity contribution in [2.75, 3.05) is 13.1 Å². The molecule has 1 aliphatic rings. The van der Waals surface area contributed by atoms with Gasteiger partial charge in [-0.05, 0) is 25.0 Å². The minimum absolute atomic E-state index is 0.877. The van der Waals surface area contributed by atoms with Crippen molar-refractivity contribution in [3.63, 3.8) is 0 Å². The molecule has 1 heterocycles. The first-order chi connectivity index (χ1) is 5.26. The molecular formula is C9H14ClN. The average Bonchev–Trinajstić information content (AvgIpc) is 2.03. The van der Waals surface area contributed by atoms with E-state index in [1.807, 2.05) is 0 Å². The number of rotatable bonds is 2. The molecule has 0 aromatic heterocycles. The van der Waals surface area contributed by atoms with Gasteiger partial charge in [-0.15, -0.1) is 0 Å². The SMILES string of the molecule is CCC1=CN(CC)CC(Cl)=C1. The highest BCUT2D eigenvalue weighted by Crippen LogP contribution is 2.17. The molecule has 0 unspecified atom stereocenters. The van der Waals surface area contributed by atoms with Crippen LogP contribution in [0, 0.1) is 0 Å². The Labute approximate surface area is 73.3 Å². The molecule has 0 spiro atoms. The first kappa shape index (κ1) is 8.66. The monoisotopic (exact) mass is 171 g/mol. The van der Waals surface area contributed by atoms with Crippen LogP contribution in [-0.2, 0) is 0 Å². The standard InChI is InChI=1S/C9H14ClN/c1-3-8-5-9(10)7-11(4-2)6-8/h5-6H,3-4,7H2,1-2H3. The lowest BCUT2D eigenvalue weighted by atomic mass is 10.1. The molecule has 0 aromatic rings. The van der Waals surface area contributed by atoms with Crippen LogP contribution >= 0.6 is 11.6 Å². The van der Waals surface area contributed by atoms with Crippen LogP contribution in [0.3, 0.4) is 0 Å². The molecular weight excluding hydrogens is 158 g/mol. The molecule has 2 heteroatoms. The molecule has 62 valence electrons. The first-order valence-electron chi connectivity index (χ1n) is 4.07. The number of allylic oxidation sites excluding steroid dienone is 2. The summed E-state index contributed by atoms with van der Waals surface area (Å²) in [5.41, 5.74) is 1.32. The van der Waals surface area contributed by atoms with Crippen LogP contribution in [0.15, 0.2) is 22.9 Å². The fraction of sp³-hybridized carbons (Fsp3) is 0.556. The zero-order valence-electron chi connectivity index (χ0n) is 7.10. The molecule has 11 heavy (non-hydrogen) atoms. The summed E-state index contributed by atoms with van der Waals surface area (Å²) >= 11 is 5.94. The second kappa shape index (κ2) is 3.82. The molecule has 0 fully saturated rings. The Balaban J connectivity index is 2.69. The number of likely N-dealkylation sites (N-methyl/N-ethyl adjacent to an activating group) is 1. The summed E-state index contributed by atoms with van der Waals surface area (Å²) in [6.45, 7) is 6.19. The van der Waals surface area contributed by atoms with Crippen LogP contribution in [0.2, 0.25) is 0 Å². The smallest absolute Gasteiger partial charge is 0.0531 e. The minimum Gasteiger partial charge on any atom is -0.372 e. The first-order valence-corrected chi connectivity index (χ1v) is 4.44. The zero-order valence-corrected chi connectivity index (χ0v) is 7.86. The van der Waals surface area contributed by atoms with E-state index in [0.717, 1.165) is 24.5 Å². The Morgan fingerprint density at radius 1 is 1.55 bits per heavy atom. The molecule has 0 saturated carbocycles. The largest absolute Gasteiger partial charge is 0.372 e. The van der Waals surface area contributed by atoms with Crippen LogP contribution in [0.4, 0.5) is 0 Å². The maximum atomic E-state index is 5.94. The summed E-state index contributed by atoms with van der Waals surface area (Å²) in [5.74, 6) is 0. The Hall–Kier alpha value is -0.430. The number of hydrogen-bond donors (Lipinski definition) is 0. The van der Waals surface area contributed by atoms with Crippen molar-refractivity contribution in [3.8, 4) is 0 Å². The topological polar surface area (TPSA) is 3.24 Å². The molecule has 0 atom stereocenters. The van der Waals surface area contributed by atoms with Gasteiger partial charge < -0.3 is 4.90 Å². The predicted molar refractivity (Wildman–Crippen MR) is 49.6 cm³/mol. The van der Waals surface area contributed by atoms with Crippen molar-refractivity contribution in [2.45, 2.75) is 20.3 Å². The predicted octanol–water partition coefficient (Wildman–Crippen LogP) is 2.74. The van der Waals surface area contributed by atoms with E-state index in [-0.39, 0.29) is 0 Å². The molecule has 0 amide bonds. The maximum absolute atomic E-state index is 5.94. The lowest BCUT2D eigenvalue weighted by Gasteiger charge is -2.22. The van der Waals surface area contributed by atoms with Crippen molar-refractivity contribution in [1.29, 1.82) is 0 Å². The quantitative estimate of drug-likeness (QED) is 0.618. The van der Waals surface area contributed by atoms with Gasteiger partial charge in [-0.2, -0.15) is 0 Å². The van der Waals surface area contributed by atoms with Gasteiger partial charge in [-0.25, -0.2) is 0 Å². The lowest BCUT2D eigenvalue weighted by molar-refractivity contribution is 0.427. The van der Waals surface area contributed by atoms with Gasteiger partial charge in [0, 0.05) is 17.8 Å². The number of halogens is 1. The minimum atomic E-state index is 0.877. The van der Waals surface area contributed by atoms with Crippen LogP contribution in [0.25, 0.3) is 0 Å². The Morgan fingerprint density at radius 3 is 2.82 bits per heavy atom. The second-order valence-electron chi connectivity index (χ2n) is 2.71.